The third-order valence-corrected chi connectivity index (χ3v) is 6.93. The monoisotopic (exact) mass is 539 g/mol. The van der Waals surface area contributed by atoms with Gasteiger partial charge < -0.3 is 41.4 Å². The molecule has 8 N–H and O–H groups in total. The van der Waals surface area contributed by atoms with Crippen molar-refractivity contribution in [1.29, 1.82) is 0 Å². The topological polar surface area (TPSA) is 207 Å². The number of hydrogen-bond donors (Lipinski definition) is 7. The van der Waals surface area contributed by atoms with Gasteiger partial charge >= 0.3 is 5.97 Å². The van der Waals surface area contributed by atoms with Crippen LogP contribution < -0.4 is 16.4 Å². The van der Waals surface area contributed by atoms with E-state index in [1.165, 1.54) is 24.3 Å². The van der Waals surface area contributed by atoms with Crippen molar-refractivity contribution in [2.24, 2.45) is 5.73 Å². The molecule has 3 aromatic rings. The van der Waals surface area contributed by atoms with E-state index in [1.54, 1.807) is 6.20 Å². The number of amides is 3. The van der Waals surface area contributed by atoms with Gasteiger partial charge in [-0.25, -0.2) is 9.78 Å². The van der Waals surface area contributed by atoms with Crippen molar-refractivity contribution in [3.8, 4) is 0 Å². The standard InChI is InChI=1S/C26H33N7O6/c1-14(34)22(32-23(35)18(27)9-15-11-29-19-6-3-2-5-17(15)19)24(36)31-20(10-16-12-28-13-30-16)25(37)33-8-4-7-21(33)26(38)39/h2-3,5-6,11-14,18,20-22,29,34H,4,7-10,27H2,1H3,(H,28,30)(H,31,36)(H,32,35)(H,38,39). The van der Waals surface area contributed by atoms with Crippen molar-refractivity contribution in [3.63, 3.8) is 0 Å². The molecular weight excluding hydrogens is 506 g/mol. The quantitative estimate of drug-likeness (QED) is 0.167. The molecule has 0 radical (unpaired) electrons. The zero-order chi connectivity index (χ0) is 28.1. The van der Waals surface area contributed by atoms with Crippen LogP contribution in [0.4, 0.5) is 0 Å². The minimum absolute atomic E-state index is 0.00790. The number of imidazole rings is 1. The van der Waals surface area contributed by atoms with Gasteiger partial charge in [-0.15, -0.1) is 0 Å². The number of aliphatic hydroxyl groups is 1. The summed E-state index contributed by atoms with van der Waals surface area (Å²) < 4.78 is 0. The molecule has 13 heteroatoms. The highest BCUT2D eigenvalue weighted by atomic mass is 16.4. The first-order chi connectivity index (χ1) is 18.7. The number of para-hydroxylation sites is 1. The Morgan fingerprint density at radius 1 is 1.15 bits per heavy atom. The maximum absolute atomic E-state index is 13.4. The summed E-state index contributed by atoms with van der Waals surface area (Å²) in [6.07, 6.45) is 4.40. The Hall–Kier alpha value is -4.23. The van der Waals surface area contributed by atoms with E-state index >= 15 is 0 Å². The number of H-pyrrole nitrogens is 2. The van der Waals surface area contributed by atoms with Crippen molar-refractivity contribution in [2.75, 3.05) is 6.54 Å². The number of rotatable bonds is 11. The smallest absolute Gasteiger partial charge is 0.326 e. The number of carboxylic acid groups (broad SMARTS) is 1. The lowest BCUT2D eigenvalue weighted by molar-refractivity contribution is -0.149. The van der Waals surface area contributed by atoms with Gasteiger partial charge in [-0.1, -0.05) is 18.2 Å². The Balaban J connectivity index is 1.46. The fourth-order valence-electron chi connectivity index (χ4n) is 4.86. The van der Waals surface area contributed by atoms with E-state index in [0.717, 1.165) is 16.5 Å². The lowest BCUT2D eigenvalue weighted by Gasteiger charge is -2.29. The Labute approximate surface area is 224 Å². The maximum atomic E-state index is 13.4. The Morgan fingerprint density at radius 2 is 1.92 bits per heavy atom. The van der Waals surface area contributed by atoms with Gasteiger partial charge in [-0.2, -0.15) is 0 Å². The third-order valence-electron chi connectivity index (χ3n) is 6.93. The summed E-state index contributed by atoms with van der Waals surface area (Å²) in [5.41, 5.74) is 8.42. The molecule has 3 amide bonds. The summed E-state index contributed by atoms with van der Waals surface area (Å²) in [7, 11) is 0. The van der Waals surface area contributed by atoms with Crippen LogP contribution in [0.2, 0.25) is 0 Å². The Bertz CT molecular complexity index is 1320. The van der Waals surface area contributed by atoms with E-state index in [0.29, 0.717) is 18.5 Å². The van der Waals surface area contributed by atoms with Crippen LogP contribution in [0.5, 0.6) is 0 Å². The van der Waals surface area contributed by atoms with Gasteiger partial charge in [0.05, 0.1) is 18.5 Å². The van der Waals surface area contributed by atoms with E-state index in [9.17, 15) is 29.4 Å². The maximum Gasteiger partial charge on any atom is 0.326 e. The Kier molecular flexibility index (Phi) is 8.62. The highest BCUT2D eigenvalue weighted by Crippen LogP contribution is 2.20. The molecule has 0 bridgehead atoms. The van der Waals surface area contributed by atoms with Gasteiger partial charge in [0.1, 0.15) is 18.1 Å². The average Bonchev–Trinajstić information content (AvgIpc) is 3.67. The number of benzene rings is 1. The molecule has 1 aliphatic rings. The predicted molar refractivity (Wildman–Crippen MR) is 140 cm³/mol. The van der Waals surface area contributed by atoms with E-state index in [-0.39, 0.29) is 19.4 Å². The number of aliphatic carboxylic acids is 1. The molecule has 5 atom stereocenters. The summed E-state index contributed by atoms with van der Waals surface area (Å²) in [6, 6.07) is 3.01. The summed E-state index contributed by atoms with van der Waals surface area (Å²) >= 11 is 0. The molecular formula is C26H33N7O6. The van der Waals surface area contributed by atoms with Crippen molar-refractivity contribution in [2.45, 2.75) is 62.9 Å². The van der Waals surface area contributed by atoms with Crippen LogP contribution in [-0.2, 0) is 32.0 Å². The number of nitrogens with zero attached hydrogens (tertiary/aromatic N) is 2. The van der Waals surface area contributed by atoms with Crippen molar-refractivity contribution in [1.82, 2.24) is 30.5 Å². The van der Waals surface area contributed by atoms with Crippen LogP contribution in [0.15, 0.2) is 43.0 Å². The van der Waals surface area contributed by atoms with Crippen LogP contribution in [0.1, 0.15) is 31.0 Å². The highest BCUT2D eigenvalue weighted by Gasteiger charge is 2.39. The number of aromatic amines is 2. The summed E-state index contributed by atoms with van der Waals surface area (Å²) in [5, 5.41) is 25.9. The molecule has 13 nitrogen and oxygen atoms in total. The molecule has 39 heavy (non-hydrogen) atoms. The lowest BCUT2D eigenvalue weighted by Crippen LogP contribution is -2.60. The number of carboxylic acids is 1. The molecule has 1 saturated heterocycles. The highest BCUT2D eigenvalue weighted by molar-refractivity contribution is 5.95. The van der Waals surface area contributed by atoms with Gasteiger partial charge in [-0.3, -0.25) is 14.4 Å². The van der Waals surface area contributed by atoms with Crippen LogP contribution in [0.25, 0.3) is 10.9 Å². The zero-order valence-electron chi connectivity index (χ0n) is 21.5. The van der Waals surface area contributed by atoms with Gasteiger partial charge in [-0.05, 0) is 37.8 Å². The summed E-state index contributed by atoms with van der Waals surface area (Å²) in [5.74, 6) is -3.15. The number of likely N-dealkylation sites (tertiary alicyclic amines) is 1. The van der Waals surface area contributed by atoms with E-state index in [4.69, 9.17) is 5.73 Å². The van der Waals surface area contributed by atoms with Crippen molar-refractivity contribution >= 4 is 34.6 Å². The second-order valence-electron chi connectivity index (χ2n) is 9.77. The SMILES string of the molecule is CC(O)C(NC(=O)C(N)Cc1c[nH]c2ccccc12)C(=O)NC(Cc1cnc[nH]1)C(=O)N1CCCC1C(=O)O. The number of hydrogen-bond acceptors (Lipinski definition) is 7. The van der Waals surface area contributed by atoms with Crippen LogP contribution >= 0.6 is 0 Å². The van der Waals surface area contributed by atoms with Gasteiger partial charge in [0.25, 0.3) is 0 Å². The first-order valence-corrected chi connectivity index (χ1v) is 12.8. The molecule has 1 aliphatic heterocycles. The predicted octanol–water partition coefficient (Wildman–Crippen LogP) is -0.570. The molecule has 3 heterocycles. The molecule has 0 aliphatic carbocycles. The molecule has 1 fully saturated rings. The molecule has 5 unspecified atom stereocenters. The van der Waals surface area contributed by atoms with Gasteiger partial charge in [0.15, 0.2) is 0 Å². The molecule has 2 aromatic heterocycles. The van der Waals surface area contributed by atoms with Gasteiger partial charge in [0, 0.05) is 42.0 Å². The first-order valence-electron chi connectivity index (χ1n) is 12.8. The number of fused-ring (bicyclic) bond motifs is 1. The number of aliphatic hydroxyl groups excluding tert-OH is 1. The van der Waals surface area contributed by atoms with Crippen LogP contribution in [0.3, 0.4) is 0 Å². The minimum Gasteiger partial charge on any atom is -0.480 e. The van der Waals surface area contributed by atoms with Crippen LogP contribution in [0, 0.1) is 0 Å². The van der Waals surface area contributed by atoms with E-state index in [2.05, 4.69) is 25.6 Å². The van der Waals surface area contributed by atoms with E-state index < -0.39 is 54.0 Å². The second-order valence-corrected chi connectivity index (χ2v) is 9.77. The third kappa shape index (κ3) is 6.44. The number of carbonyl (C=O) groups excluding carboxylic acids is 3. The largest absolute Gasteiger partial charge is 0.480 e. The normalized spacial score (nSPS) is 18.3. The fraction of sp³-hybridized carbons (Fsp3) is 0.423. The number of carbonyl (C=O) groups is 4. The van der Waals surface area contributed by atoms with E-state index in [1.807, 2.05) is 24.3 Å². The fourth-order valence-corrected chi connectivity index (χ4v) is 4.86. The van der Waals surface area contributed by atoms with Gasteiger partial charge in [0.2, 0.25) is 17.7 Å². The number of aromatic nitrogens is 3. The minimum atomic E-state index is -1.41. The first kappa shape index (κ1) is 27.8. The summed E-state index contributed by atoms with van der Waals surface area (Å²) in [6.45, 7) is 1.58. The second kappa shape index (κ2) is 12.1. The Morgan fingerprint density at radius 3 is 2.62 bits per heavy atom. The summed E-state index contributed by atoms with van der Waals surface area (Å²) in [4.78, 5) is 62.4. The lowest BCUT2D eigenvalue weighted by atomic mass is 10.0. The molecule has 0 spiro atoms. The number of nitrogens with two attached hydrogens (primary N) is 1. The molecule has 4 rings (SSSR count). The van der Waals surface area contributed by atoms with Crippen molar-refractivity contribution in [3.05, 3.63) is 54.2 Å². The zero-order valence-corrected chi connectivity index (χ0v) is 21.5. The average molecular weight is 540 g/mol. The van der Waals surface area contributed by atoms with Crippen molar-refractivity contribution < 1.29 is 29.4 Å². The molecule has 1 aromatic carbocycles. The van der Waals surface area contributed by atoms with Crippen LogP contribution in [-0.4, -0.2) is 90.6 Å². The number of nitrogens with one attached hydrogen (secondary N) is 4. The molecule has 208 valence electrons. The molecule has 0 saturated carbocycles.